The van der Waals surface area contributed by atoms with E-state index in [4.69, 9.17) is 9.15 Å². The van der Waals surface area contributed by atoms with Gasteiger partial charge in [-0.3, -0.25) is 4.79 Å². The first kappa shape index (κ1) is 15.1. The predicted octanol–water partition coefficient (Wildman–Crippen LogP) is 1.56. The van der Waals surface area contributed by atoms with Crippen molar-refractivity contribution in [3.05, 3.63) is 23.7 Å². The molecule has 1 aromatic rings. The standard InChI is InChI=1S/C15H24N2O3/c1-12-4-5-13(20-12)10-17(2)14(18)15(11-19-3)6-8-16-9-7-15/h4-5,16H,6-11H2,1-3H3. The monoisotopic (exact) mass is 280 g/mol. The maximum Gasteiger partial charge on any atom is 0.231 e. The summed E-state index contributed by atoms with van der Waals surface area (Å²) in [6, 6.07) is 3.84. The zero-order valence-electron chi connectivity index (χ0n) is 12.6. The topological polar surface area (TPSA) is 54.7 Å². The summed E-state index contributed by atoms with van der Waals surface area (Å²) in [5, 5.41) is 3.30. The van der Waals surface area contributed by atoms with Crippen LogP contribution in [0.2, 0.25) is 0 Å². The predicted molar refractivity (Wildman–Crippen MR) is 76.3 cm³/mol. The number of amides is 1. The molecule has 20 heavy (non-hydrogen) atoms. The Morgan fingerprint density at radius 1 is 1.45 bits per heavy atom. The molecule has 1 amide bonds. The zero-order chi connectivity index (χ0) is 14.6. The first-order valence-electron chi connectivity index (χ1n) is 7.08. The number of ether oxygens (including phenoxy) is 1. The van der Waals surface area contributed by atoms with Gasteiger partial charge in [0.25, 0.3) is 0 Å². The number of aryl methyl sites for hydroxylation is 1. The molecule has 1 aromatic heterocycles. The molecule has 1 fully saturated rings. The molecule has 0 spiro atoms. The van der Waals surface area contributed by atoms with Crippen LogP contribution in [0.25, 0.3) is 0 Å². The third kappa shape index (κ3) is 3.22. The van der Waals surface area contributed by atoms with Gasteiger partial charge in [-0.05, 0) is 45.0 Å². The van der Waals surface area contributed by atoms with Gasteiger partial charge in [-0.1, -0.05) is 0 Å². The Labute approximate surface area is 120 Å². The number of methoxy groups -OCH3 is 1. The maximum absolute atomic E-state index is 12.8. The largest absolute Gasteiger partial charge is 0.464 e. The van der Waals surface area contributed by atoms with Crippen molar-refractivity contribution in [2.75, 3.05) is 33.9 Å². The zero-order valence-corrected chi connectivity index (χ0v) is 12.6. The van der Waals surface area contributed by atoms with Crippen molar-refractivity contribution in [3.63, 3.8) is 0 Å². The Kier molecular flexibility index (Phi) is 4.83. The van der Waals surface area contributed by atoms with Gasteiger partial charge in [0.15, 0.2) is 0 Å². The average molecular weight is 280 g/mol. The highest BCUT2D eigenvalue weighted by molar-refractivity contribution is 5.82. The Bertz CT molecular complexity index is 444. The molecule has 2 heterocycles. The highest BCUT2D eigenvalue weighted by Crippen LogP contribution is 2.31. The van der Waals surface area contributed by atoms with Crippen molar-refractivity contribution in [2.45, 2.75) is 26.3 Å². The minimum absolute atomic E-state index is 0.148. The molecule has 0 saturated carbocycles. The Morgan fingerprint density at radius 3 is 2.70 bits per heavy atom. The third-order valence-corrected chi connectivity index (χ3v) is 3.97. The van der Waals surface area contributed by atoms with Crippen molar-refractivity contribution >= 4 is 5.91 Å². The van der Waals surface area contributed by atoms with Crippen molar-refractivity contribution in [2.24, 2.45) is 5.41 Å². The van der Waals surface area contributed by atoms with E-state index in [2.05, 4.69) is 5.32 Å². The summed E-state index contributed by atoms with van der Waals surface area (Å²) in [6.07, 6.45) is 1.64. The molecule has 0 aliphatic carbocycles. The highest BCUT2D eigenvalue weighted by Gasteiger charge is 2.41. The molecule has 1 aliphatic heterocycles. The molecule has 1 saturated heterocycles. The van der Waals surface area contributed by atoms with Gasteiger partial charge in [0.1, 0.15) is 11.5 Å². The molecule has 0 bridgehead atoms. The fourth-order valence-electron chi connectivity index (χ4n) is 2.88. The van der Waals surface area contributed by atoms with Crippen LogP contribution in [0.1, 0.15) is 24.4 Å². The fraction of sp³-hybridized carbons (Fsp3) is 0.667. The lowest BCUT2D eigenvalue weighted by Crippen LogP contribution is -2.50. The van der Waals surface area contributed by atoms with Crippen molar-refractivity contribution in [1.29, 1.82) is 0 Å². The summed E-state index contributed by atoms with van der Waals surface area (Å²) in [4.78, 5) is 14.6. The quantitative estimate of drug-likeness (QED) is 0.889. The Balaban J connectivity index is 2.06. The number of piperidine rings is 1. The molecule has 1 N–H and O–H groups in total. The maximum atomic E-state index is 12.8. The summed E-state index contributed by atoms with van der Waals surface area (Å²) in [5.41, 5.74) is -0.392. The second kappa shape index (κ2) is 6.41. The normalized spacial score (nSPS) is 17.9. The number of nitrogens with one attached hydrogen (secondary N) is 1. The lowest BCUT2D eigenvalue weighted by molar-refractivity contribution is -0.147. The summed E-state index contributed by atoms with van der Waals surface area (Å²) >= 11 is 0. The first-order chi connectivity index (χ1) is 9.57. The van der Waals surface area contributed by atoms with Gasteiger partial charge in [0.2, 0.25) is 5.91 Å². The Hall–Kier alpha value is -1.33. The molecule has 0 atom stereocenters. The van der Waals surface area contributed by atoms with Gasteiger partial charge in [-0.25, -0.2) is 0 Å². The molecular formula is C15H24N2O3. The lowest BCUT2D eigenvalue weighted by Gasteiger charge is -2.38. The number of hydrogen-bond donors (Lipinski definition) is 1. The molecule has 5 heteroatoms. The van der Waals surface area contributed by atoms with Gasteiger partial charge in [-0.2, -0.15) is 0 Å². The van der Waals surface area contributed by atoms with E-state index in [0.717, 1.165) is 37.5 Å². The average Bonchev–Trinajstić information content (AvgIpc) is 2.84. The second-order valence-corrected chi connectivity index (χ2v) is 5.64. The Morgan fingerprint density at radius 2 is 2.15 bits per heavy atom. The van der Waals surface area contributed by atoms with E-state index in [1.54, 1.807) is 12.0 Å². The van der Waals surface area contributed by atoms with Crippen molar-refractivity contribution < 1.29 is 13.9 Å². The molecule has 0 unspecified atom stereocenters. The first-order valence-corrected chi connectivity index (χ1v) is 7.08. The smallest absolute Gasteiger partial charge is 0.231 e. The van der Waals surface area contributed by atoms with E-state index < -0.39 is 5.41 Å². The highest BCUT2D eigenvalue weighted by atomic mass is 16.5. The summed E-state index contributed by atoms with van der Waals surface area (Å²) in [5.74, 6) is 1.84. The number of nitrogens with zero attached hydrogens (tertiary/aromatic N) is 1. The van der Waals surface area contributed by atoms with Crippen LogP contribution < -0.4 is 5.32 Å². The van der Waals surface area contributed by atoms with Gasteiger partial charge in [-0.15, -0.1) is 0 Å². The van der Waals surface area contributed by atoms with E-state index in [1.165, 1.54) is 0 Å². The summed E-state index contributed by atoms with van der Waals surface area (Å²) in [6.45, 7) is 4.62. The van der Waals surface area contributed by atoms with Crippen molar-refractivity contribution in [1.82, 2.24) is 10.2 Å². The van der Waals surface area contributed by atoms with Gasteiger partial charge >= 0.3 is 0 Å². The van der Waals surface area contributed by atoms with Crippen LogP contribution in [0.15, 0.2) is 16.5 Å². The summed E-state index contributed by atoms with van der Waals surface area (Å²) < 4.78 is 10.9. The molecule has 1 aliphatic rings. The second-order valence-electron chi connectivity index (χ2n) is 5.64. The van der Waals surface area contributed by atoms with E-state index in [-0.39, 0.29) is 5.91 Å². The minimum Gasteiger partial charge on any atom is -0.464 e. The number of hydrogen-bond acceptors (Lipinski definition) is 4. The van der Waals surface area contributed by atoms with Crippen LogP contribution in [0.3, 0.4) is 0 Å². The van der Waals surface area contributed by atoms with Crippen LogP contribution in [0, 0.1) is 12.3 Å². The lowest BCUT2D eigenvalue weighted by atomic mass is 9.78. The number of carbonyl (C=O) groups is 1. The van der Waals surface area contributed by atoms with Gasteiger partial charge in [0.05, 0.1) is 18.6 Å². The summed E-state index contributed by atoms with van der Waals surface area (Å²) in [7, 11) is 3.49. The molecule has 0 radical (unpaired) electrons. The van der Waals surface area contributed by atoms with Gasteiger partial charge < -0.3 is 19.4 Å². The molecule has 0 aromatic carbocycles. The van der Waals surface area contributed by atoms with Crippen LogP contribution in [-0.2, 0) is 16.1 Å². The number of carbonyl (C=O) groups excluding carboxylic acids is 1. The van der Waals surface area contributed by atoms with Crippen LogP contribution in [0.5, 0.6) is 0 Å². The number of furan rings is 1. The van der Waals surface area contributed by atoms with Crippen LogP contribution in [-0.4, -0.2) is 44.7 Å². The fourth-order valence-corrected chi connectivity index (χ4v) is 2.88. The van der Waals surface area contributed by atoms with E-state index >= 15 is 0 Å². The van der Waals surface area contributed by atoms with E-state index in [0.29, 0.717) is 13.2 Å². The molecule has 2 rings (SSSR count). The van der Waals surface area contributed by atoms with Crippen LogP contribution in [0.4, 0.5) is 0 Å². The number of rotatable bonds is 5. The van der Waals surface area contributed by atoms with E-state index in [1.807, 2.05) is 26.1 Å². The molecule has 5 nitrogen and oxygen atoms in total. The molecular weight excluding hydrogens is 256 g/mol. The molecule has 112 valence electrons. The van der Waals surface area contributed by atoms with Gasteiger partial charge in [0, 0.05) is 14.2 Å². The minimum atomic E-state index is -0.392. The third-order valence-electron chi connectivity index (χ3n) is 3.97. The van der Waals surface area contributed by atoms with Crippen molar-refractivity contribution in [3.8, 4) is 0 Å². The van der Waals surface area contributed by atoms with Crippen LogP contribution >= 0.6 is 0 Å². The van der Waals surface area contributed by atoms with E-state index in [9.17, 15) is 4.79 Å². The SMILES string of the molecule is COCC1(C(=O)N(C)Cc2ccc(C)o2)CCNCC1.